The van der Waals surface area contributed by atoms with E-state index in [1.165, 1.54) is 12.1 Å². The normalized spacial score (nSPS) is 15.6. The summed E-state index contributed by atoms with van der Waals surface area (Å²) in [5.74, 6) is -0.489. The van der Waals surface area contributed by atoms with Gasteiger partial charge in [0.25, 0.3) is 5.91 Å². The maximum Gasteiger partial charge on any atom is 0.262 e. The van der Waals surface area contributed by atoms with E-state index < -0.39 is 6.17 Å². The van der Waals surface area contributed by atoms with Gasteiger partial charge in [-0.1, -0.05) is 24.3 Å². The van der Waals surface area contributed by atoms with Gasteiger partial charge < -0.3 is 15.3 Å². The van der Waals surface area contributed by atoms with Gasteiger partial charge in [-0.15, -0.1) is 0 Å². The van der Waals surface area contributed by atoms with E-state index in [4.69, 9.17) is 5.11 Å². The third kappa shape index (κ3) is 3.67. The first-order valence-electron chi connectivity index (χ1n) is 9.45. The van der Waals surface area contributed by atoms with E-state index in [9.17, 15) is 9.18 Å². The van der Waals surface area contributed by atoms with Crippen LogP contribution in [-0.2, 0) is 0 Å². The summed E-state index contributed by atoms with van der Waals surface area (Å²) in [6, 6.07) is 21.1. The Labute approximate surface area is 169 Å². The number of carbonyl (C=O) groups excluding carboxylic acids is 1. The Kier molecular flexibility index (Phi) is 5.18. The number of aliphatic hydroxyl groups excluding tert-OH is 1. The summed E-state index contributed by atoms with van der Waals surface area (Å²) in [4.78, 5) is 16.9. The van der Waals surface area contributed by atoms with E-state index in [-0.39, 0.29) is 18.3 Å². The fourth-order valence-corrected chi connectivity index (χ4v) is 3.54. The molecule has 0 spiro atoms. The van der Waals surface area contributed by atoms with Gasteiger partial charge in [0.1, 0.15) is 12.0 Å². The Morgan fingerprint density at radius 2 is 1.72 bits per heavy atom. The third-order valence-corrected chi connectivity index (χ3v) is 5.12. The molecule has 4 rings (SSSR count). The van der Waals surface area contributed by atoms with E-state index in [0.29, 0.717) is 17.8 Å². The summed E-state index contributed by atoms with van der Waals surface area (Å²) in [5.41, 5.74) is 3.83. The molecule has 6 heteroatoms. The largest absolute Gasteiger partial charge is 0.395 e. The quantitative estimate of drug-likeness (QED) is 0.690. The predicted octanol–water partition coefficient (Wildman–Crippen LogP) is 4.03. The second-order valence-electron chi connectivity index (χ2n) is 6.98. The number of fused-ring (bicyclic) bond motifs is 1. The van der Waals surface area contributed by atoms with Crippen molar-refractivity contribution in [3.63, 3.8) is 0 Å². The molecular formula is C23H22FN3O2. The number of rotatable bonds is 5. The van der Waals surface area contributed by atoms with Gasteiger partial charge in [0, 0.05) is 30.7 Å². The molecule has 0 aromatic heterocycles. The molecule has 1 aliphatic heterocycles. The van der Waals surface area contributed by atoms with E-state index >= 15 is 0 Å². The topological polar surface area (TPSA) is 55.8 Å². The van der Waals surface area contributed by atoms with Crippen molar-refractivity contribution in [1.82, 2.24) is 0 Å². The van der Waals surface area contributed by atoms with Crippen LogP contribution in [-0.4, -0.2) is 31.2 Å². The highest BCUT2D eigenvalue weighted by Crippen LogP contribution is 2.37. The lowest BCUT2D eigenvalue weighted by atomic mass is 10.0. The zero-order valence-electron chi connectivity index (χ0n) is 16.0. The lowest BCUT2D eigenvalue weighted by Crippen LogP contribution is -2.43. The van der Waals surface area contributed by atoms with Gasteiger partial charge in [-0.05, 0) is 54.1 Å². The van der Waals surface area contributed by atoms with E-state index in [1.807, 2.05) is 54.4 Å². The molecule has 0 fully saturated rings. The number of amides is 1. The van der Waals surface area contributed by atoms with Crippen LogP contribution in [0.5, 0.6) is 0 Å². The number of aliphatic hydroxyl groups is 1. The maximum absolute atomic E-state index is 13.5. The van der Waals surface area contributed by atoms with Crippen molar-refractivity contribution in [2.24, 2.45) is 0 Å². The third-order valence-electron chi connectivity index (χ3n) is 5.12. The lowest BCUT2D eigenvalue weighted by Gasteiger charge is -2.38. The van der Waals surface area contributed by atoms with E-state index in [2.05, 4.69) is 5.32 Å². The minimum atomic E-state index is -0.431. The molecule has 1 heterocycles. The SMILES string of the molecule is CN(CCO)c1ccc(C2Nc3ccccc3C(=O)N2c2ccc(F)cc2)cc1. The molecule has 5 nitrogen and oxygen atoms in total. The minimum absolute atomic E-state index is 0.0755. The number of nitrogens with one attached hydrogen (secondary N) is 1. The van der Waals surface area contributed by atoms with Gasteiger partial charge in [0.2, 0.25) is 0 Å². The molecule has 1 amide bonds. The van der Waals surface area contributed by atoms with Gasteiger partial charge in [0.05, 0.1) is 12.2 Å². The molecule has 0 aliphatic carbocycles. The highest BCUT2D eigenvalue weighted by Gasteiger charge is 2.34. The fraction of sp³-hybridized carbons (Fsp3) is 0.174. The van der Waals surface area contributed by atoms with E-state index in [1.54, 1.807) is 23.1 Å². The van der Waals surface area contributed by atoms with Crippen LogP contribution in [0.15, 0.2) is 72.8 Å². The van der Waals surface area contributed by atoms with Crippen molar-refractivity contribution in [3.05, 3.63) is 89.7 Å². The van der Waals surface area contributed by atoms with Crippen LogP contribution in [0, 0.1) is 5.82 Å². The van der Waals surface area contributed by atoms with Crippen LogP contribution >= 0.6 is 0 Å². The standard InChI is InChI=1S/C23H22FN3O2/c1-26(14-15-28)18-10-6-16(7-11-18)22-25-21-5-3-2-4-20(21)23(29)27(22)19-12-8-17(24)9-13-19/h2-13,22,25,28H,14-15H2,1H3. The first-order valence-corrected chi connectivity index (χ1v) is 9.45. The fourth-order valence-electron chi connectivity index (χ4n) is 3.54. The number of benzene rings is 3. The number of anilines is 3. The number of hydrogen-bond donors (Lipinski definition) is 2. The molecule has 1 aliphatic rings. The predicted molar refractivity (Wildman–Crippen MR) is 113 cm³/mol. The van der Waals surface area contributed by atoms with Crippen molar-refractivity contribution in [2.45, 2.75) is 6.17 Å². The summed E-state index contributed by atoms with van der Waals surface area (Å²) in [6.07, 6.45) is -0.431. The van der Waals surface area contributed by atoms with Crippen LogP contribution in [0.1, 0.15) is 22.1 Å². The van der Waals surface area contributed by atoms with Gasteiger partial charge >= 0.3 is 0 Å². The lowest BCUT2D eigenvalue weighted by molar-refractivity contribution is 0.0975. The number of hydrogen-bond acceptors (Lipinski definition) is 4. The number of halogens is 1. The van der Waals surface area contributed by atoms with Crippen molar-refractivity contribution >= 4 is 23.0 Å². The van der Waals surface area contributed by atoms with E-state index in [0.717, 1.165) is 16.9 Å². The summed E-state index contributed by atoms with van der Waals surface area (Å²) in [5, 5.41) is 12.6. The first kappa shape index (κ1) is 19.0. The molecule has 0 saturated carbocycles. The molecule has 29 heavy (non-hydrogen) atoms. The zero-order valence-corrected chi connectivity index (χ0v) is 16.0. The van der Waals surface area contributed by atoms with Crippen molar-refractivity contribution in [1.29, 1.82) is 0 Å². The molecule has 2 N–H and O–H groups in total. The molecule has 0 saturated heterocycles. The second kappa shape index (κ2) is 7.93. The Morgan fingerprint density at radius 3 is 2.41 bits per heavy atom. The molecular weight excluding hydrogens is 369 g/mol. The monoisotopic (exact) mass is 391 g/mol. The number of carbonyl (C=O) groups is 1. The number of para-hydroxylation sites is 1. The van der Waals surface area contributed by atoms with Gasteiger partial charge in [-0.25, -0.2) is 4.39 Å². The number of nitrogens with zero attached hydrogens (tertiary/aromatic N) is 2. The van der Waals surface area contributed by atoms with Crippen molar-refractivity contribution < 1.29 is 14.3 Å². The minimum Gasteiger partial charge on any atom is -0.395 e. The number of likely N-dealkylation sites (N-methyl/N-ethyl adjacent to an activating group) is 1. The summed E-state index contributed by atoms with van der Waals surface area (Å²) < 4.78 is 13.5. The molecule has 148 valence electrons. The highest BCUT2D eigenvalue weighted by atomic mass is 19.1. The first-order chi connectivity index (χ1) is 14.1. The van der Waals surface area contributed by atoms with Crippen LogP contribution in [0.25, 0.3) is 0 Å². The zero-order chi connectivity index (χ0) is 20.4. The molecule has 1 atom stereocenters. The van der Waals surface area contributed by atoms with Crippen LogP contribution in [0.4, 0.5) is 21.5 Å². The summed E-state index contributed by atoms with van der Waals surface area (Å²) >= 11 is 0. The Balaban J connectivity index is 1.74. The van der Waals surface area contributed by atoms with Gasteiger partial charge in [-0.2, -0.15) is 0 Å². The Bertz CT molecular complexity index is 1010. The Hall–Kier alpha value is -3.38. The van der Waals surface area contributed by atoms with Crippen molar-refractivity contribution in [2.75, 3.05) is 35.3 Å². The molecule has 1 unspecified atom stereocenters. The molecule has 0 bridgehead atoms. The van der Waals surface area contributed by atoms with Gasteiger partial charge in [0.15, 0.2) is 0 Å². The molecule has 3 aromatic rings. The molecule has 3 aromatic carbocycles. The molecule has 0 radical (unpaired) electrons. The average molecular weight is 391 g/mol. The van der Waals surface area contributed by atoms with Crippen LogP contribution in [0.3, 0.4) is 0 Å². The van der Waals surface area contributed by atoms with Crippen molar-refractivity contribution in [3.8, 4) is 0 Å². The average Bonchev–Trinajstić information content (AvgIpc) is 2.75. The highest BCUT2D eigenvalue weighted by molar-refractivity contribution is 6.12. The summed E-state index contributed by atoms with van der Waals surface area (Å²) in [6.45, 7) is 0.612. The van der Waals surface area contributed by atoms with Gasteiger partial charge in [-0.3, -0.25) is 9.69 Å². The van der Waals surface area contributed by atoms with Crippen LogP contribution < -0.4 is 15.1 Å². The second-order valence-corrected chi connectivity index (χ2v) is 6.98. The smallest absolute Gasteiger partial charge is 0.262 e. The maximum atomic E-state index is 13.5. The Morgan fingerprint density at radius 1 is 1.03 bits per heavy atom. The summed E-state index contributed by atoms with van der Waals surface area (Å²) in [7, 11) is 1.91. The van der Waals surface area contributed by atoms with Crippen LogP contribution in [0.2, 0.25) is 0 Å².